The third-order valence-electron chi connectivity index (χ3n) is 4.03. The molecule has 2 amide bonds. The SMILES string of the molecule is CC1CCOC1C(=O)c1ccc2c(c1)CN(C)C(=O)N2. The van der Waals surface area contributed by atoms with E-state index in [0.29, 0.717) is 18.7 Å². The minimum atomic E-state index is -0.330. The topological polar surface area (TPSA) is 58.6 Å². The highest BCUT2D eigenvalue weighted by Gasteiger charge is 2.32. The van der Waals surface area contributed by atoms with Crippen LogP contribution < -0.4 is 5.32 Å². The first-order valence-corrected chi connectivity index (χ1v) is 6.87. The second-order valence-corrected chi connectivity index (χ2v) is 5.58. The summed E-state index contributed by atoms with van der Waals surface area (Å²) in [7, 11) is 1.73. The van der Waals surface area contributed by atoms with Crippen molar-refractivity contribution in [3.8, 4) is 0 Å². The van der Waals surface area contributed by atoms with Gasteiger partial charge in [-0.15, -0.1) is 0 Å². The molecule has 1 saturated heterocycles. The van der Waals surface area contributed by atoms with Crippen molar-refractivity contribution < 1.29 is 14.3 Å². The molecule has 0 aromatic heterocycles. The van der Waals surface area contributed by atoms with Crippen molar-refractivity contribution >= 4 is 17.5 Å². The number of carbonyl (C=O) groups excluding carboxylic acids is 2. The molecule has 1 N–H and O–H groups in total. The average Bonchev–Trinajstić information content (AvgIpc) is 2.85. The number of amides is 2. The van der Waals surface area contributed by atoms with Gasteiger partial charge in [-0.05, 0) is 36.1 Å². The maximum Gasteiger partial charge on any atom is 0.321 e. The Hall–Kier alpha value is -1.88. The summed E-state index contributed by atoms with van der Waals surface area (Å²) in [5.74, 6) is 0.304. The molecule has 1 fully saturated rings. The Morgan fingerprint density at radius 3 is 2.95 bits per heavy atom. The van der Waals surface area contributed by atoms with Crippen LogP contribution in [0.15, 0.2) is 18.2 Å². The number of nitrogens with one attached hydrogen (secondary N) is 1. The van der Waals surface area contributed by atoms with Gasteiger partial charge in [-0.1, -0.05) is 6.92 Å². The van der Waals surface area contributed by atoms with Crippen LogP contribution in [0.3, 0.4) is 0 Å². The molecule has 5 nitrogen and oxygen atoms in total. The zero-order valence-corrected chi connectivity index (χ0v) is 11.7. The summed E-state index contributed by atoms with van der Waals surface area (Å²) >= 11 is 0. The van der Waals surface area contributed by atoms with Crippen LogP contribution in [0.5, 0.6) is 0 Å². The van der Waals surface area contributed by atoms with E-state index in [1.807, 2.05) is 13.0 Å². The van der Waals surface area contributed by atoms with Gasteiger partial charge in [0.1, 0.15) is 6.10 Å². The first kappa shape index (κ1) is 13.1. The van der Waals surface area contributed by atoms with Crippen LogP contribution in [-0.4, -0.2) is 36.5 Å². The number of urea groups is 1. The van der Waals surface area contributed by atoms with Crippen molar-refractivity contribution in [1.82, 2.24) is 4.90 Å². The van der Waals surface area contributed by atoms with E-state index < -0.39 is 0 Å². The second-order valence-electron chi connectivity index (χ2n) is 5.58. The molecule has 0 spiro atoms. The molecule has 2 aliphatic heterocycles. The zero-order chi connectivity index (χ0) is 14.3. The number of ether oxygens (including phenoxy) is 1. The molecule has 0 saturated carbocycles. The largest absolute Gasteiger partial charge is 0.370 e. The average molecular weight is 274 g/mol. The predicted octanol–water partition coefficient (Wildman–Crippen LogP) is 2.27. The maximum atomic E-state index is 12.5. The Morgan fingerprint density at radius 1 is 1.45 bits per heavy atom. The highest BCUT2D eigenvalue weighted by atomic mass is 16.5. The van der Waals surface area contributed by atoms with Gasteiger partial charge in [-0.2, -0.15) is 0 Å². The third kappa shape index (κ3) is 2.18. The molecular weight excluding hydrogens is 256 g/mol. The van der Waals surface area contributed by atoms with E-state index in [4.69, 9.17) is 4.74 Å². The Bertz CT molecular complexity index is 570. The normalized spacial score (nSPS) is 25.3. The van der Waals surface area contributed by atoms with Crippen LogP contribution in [0.1, 0.15) is 29.3 Å². The second kappa shape index (κ2) is 4.90. The van der Waals surface area contributed by atoms with Crippen LogP contribution in [0.25, 0.3) is 0 Å². The highest BCUT2D eigenvalue weighted by Crippen LogP contribution is 2.27. The van der Waals surface area contributed by atoms with Crippen molar-refractivity contribution in [2.75, 3.05) is 19.0 Å². The lowest BCUT2D eigenvalue weighted by Crippen LogP contribution is -2.35. The molecule has 1 aromatic rings. The monoisotopic (exact) mass is 274 g/mol. The smallest absolute Gasteiger partial charge is 0.321 e. The van der Waals surface area contributed by atoms with E-state index in [0.717, 1.165) is 17.7 Å². The van der Waals surface area contributed by atoms with E-state index in [1.165, 1.54) is 0 Å². The van der Waals surface area contributed by atoms with Crippen LogP contribution in [0, 0.1) is 5.92 Å². The van der Waals surface area contributed by atoms with Crippen molar-refractivity contribution in [2.45, 2.75) is 26.0 Å². The lowest BCUT2D eigenvalue weighted by Gasteiger charge is -2.26. The molecular formula is C15H18N2O3. The van der Waals surface area contributed by atoms with Gasteiger partial charge < -0.3 is 15.0 Å². The molecule has 2 aliphatic rings. The summed E-state index contributed by atoms with van der Waals surface area (Å²) in [5, 5.41) is 2.80. The standard InChI is InChI=1S/C15H18N2O3/c1-9-5-6-20-14(9)13(18)10-3-4-12-11(7-10)8-17(2)15(19)16-12/h3-4,7,9,14H,5-6,8H2,1-2H3,(H,16,19). The number of anilines is 1. The van der Waals surface area contributed by atoms with E-state index in [1.54, 1.807) is 24.1 Å². The molecule has 0 bridgehead atoms. The summed E-state index contributed by atoms with van der Waals surface area (Å²) in [6.07, 6.45) is 0.601. The number of carbonyl (C=O) groups is 2. The number of benzene rings is 1. The summed E-state index contributed by atoms with van der Waals surface area (Å²) in [5.41, 5.74) is 2.40. The third-order valence-corrected chi connectivity index (χ3v) is 4.03. The quantitative estimate of drug-likeness (QED) is 0.842. The van der Waals surface area contributed by atoms with E-state index in [9.17, 15) is 9.59 Å². The molecule has 0 aliphatic carbocycles. The van der Waals surface area contributed by atoms with Crippen LogP contribution in [0.2, 0.25) is 0 Å². The Balaban J connectivity index is 1.87. The number of hydrogen-bond acceptors (Lipinski definition) is 3. The molecule has 2 heterocycles. The summed E-state index contributed by atoms with van der Waals surface area (Å²) in [4.78, 5) is 25.6. The summed E-state index contributed by atoms with van der Waals surface area (Å²) in [6, 6.07) is 5.31. The molecule has 3 rings (SSSR count). The van der Waals surface area contributed by atoms with Gasteiger partial charge in [0.25, 0.3) is 0 Å². The fraction of sp³-hybridized carbons (Fsp3) is 0.467. The number of hydrogen-bond donors (Lipinski definition) is 1. The summed E-state index contributed by atoms with van der Waals surface area (Å²) in [6.45, 7) is 3.21. The van der Waals surface area contributed by atoms with Crippen molar-refractivity contribution in [1.29, 1.82) is 0 Å². The van der Waals surface area contributed by atoms with Crippen molar-refractivity contribution in [3.63, 3.8) is 0 Å². The number of ketones is 1. The summed E-state index contributed by atoms with van der Waals surface area (Å²) < 4.78 is 5.53. The number of fused-ring (bicyclic) bond motifs is 1. The van der Waals surface area contributed by atoms with E-state index in [2.05, 4.69) is 5.32 Å². The van der Waals surface area contributed by atoms with E-state index >= 15 is 0 Å². The molecule has 5 heteroatoms. The van der Waals surface area contributed by atoms with Crippen LogP contribution in [-0.2, 0) is 11.3 Å². The first-order valence-electron chi connectivity index (χ1n) is 6.87. The first-order chi connectivity index (χ1) is 9.56. The van der Waals surface area contributed by atoms with Gasteiger partial charge in [-0.25, -0.2) is 4.79 Å². The molecule has 0 radical (unpaired) electrons. The number of rotatable bonds is 2. The van der Waals surface area contributed by atoms with Gasteiger partial charge in [0.2, 0.25) is 0 Å². The zero-order valence-electron chi connectivity index (χ0n) is 11.7. The predicted molar refractivity (Wildman–Crippen MR) is 74.8 cm³/mol. The van der Waals surface area contributed by atoms with Crippen molar-refractivity contribution in [2.24, 2.45) is 5.92 Å². The fourth-order valence-electron chi connectivity index (χ4n) is 2.73. The molecule has 20 heavy (non-hydrogen) atoms. The van der Waals surface area contributed by atoms with Crippen molar-refractivity contribution in [3.05, 3.63) is 29.3 Å². The van der Waals surface area contributed by atoms with Gasteiger partial charge >= 0.3 is 6.03 Å². The fourth-order valence-corrected chi connectivity index (χ4v) is 2.73. The molecule has 2 unspecified atom stereocenters. The van der Waals surface area contributed by atoms with Gasteiger partial charge in [0.05, 0.1) is 0 Å². The van der Waals surface area contributed by atoms with Crippen LogP contribution in [0.4, 0.5) is 10.5 Å². The molecule has 1 aromatic carbocycles. The van der Waals surface area contributed by atoms with Gasteiger partial charge in [0, 0.05) is 31.5 Å². The Morgan fingerprint density at radius 2 is 2.25 bits per heavy atom. The Labute approximate surface area is 117 Å². The molecule has 2 atom stereocenters. The lowest BCUT2D eigenvalue weighted by atomic mass is 9.94. The minimum absolute atomic E-state index is 0.0392. The van der Waals surface area contributed by atoms with E-state index in [-0.39, 0.29) is 23.8 Å². The number of Topliss-reactive ketones (excluding diaryl/α,β-unsaturated/α-hetero) is 1. The van der Waals surface area contributed by atoms with Gasteiger partial charge in [0.15, 0.2) is 5.78 Å². The minimum Gasteiger partial charge on any atom is -0.370 e. The maximum absolute atomic E-state index is 12.5. The Kier molecular flexibility index (Phi) is 3.22. The van der Waals surface area contributed by atoms with Gasteiger partial charge in [-0.3, -0.25) is 4.79 Å². The molecule has 106 valence electrons. The lowest BCUT2D eigenvalue weighted by molar-refractivity contribution is 0.0579. The number of nitrogens with zero attached hydrogens (tertiary/aromatic N) is 1. The highest BCUT2D eigenvalue weighted by molar-refractivity contribution is 6.01. The van der Waals surface area contributed by atoms with Crippen LogP contribution >= 0.6 is 0 Å².